The van der Waals surface area contributed by atoms with Crippen LogP contribution in [0.4, 0.5) is 0 Å². The summed E-state index contributed by atoms with van der Waals surface area (Å²) in [5.74, 6) is 1.05. The van der Waals surface area contributed by atoms with Crippen LogP contribution in [0.15, 0.2) is 29.3 Å². The number of nitrogens with one attached hydrogen (secondary N) is 2. The van der Waals surface area contributed by atoms with E-state index in [1.54, 1.807) is 19.0 Å². The van der Waals surface area contributed by atoms with Gasteiger partial charge >= 0.3 is 0 Å². The molecule has 5 heteroatoms. The molecule has 134 valence electrons. The second-order valence-electron chi connectivity index (χ2n) is 6.60. The van der Waals surface area contributed by atoms with Gasteiger partial charge in [0.05, 0.1) is 0 Å². The predicted molar refractivity (Wildman–Crippen MR) is 101 cm³/mol. The molecule has 1 rings (SSSR count). The molecule has 24 heavy (non-hydrogen) atoms. The molecule has 0 aliphatic carbocycles. The Morgan fingerprint density at radius 3 is 2.38 bits per heavy atom. The first kappa shape index (κ1) is 20.0. The number of carbonyl (C=O) groups excluding carboxylic acids is 1. The lowest BCUT2D eigenvalue weighted by molar-refractivity contribution is -0.127. The molecule has 0 aromatic heterocycles. The number of aliphatic imine (C=N–C) groups is 1. The number of hydrogen-bond acceptors (Lipinski definition) is 2. The van der Waals surface area contributed by atoms with Gasteiger partial charge in [0.2, 0.25) is 5.91 Å². The van der Waals surface area contributed by atoms with Crippen molar-refractivity contribution in [3.05, 3.63) is 35.4 Å². The molecule has 0 fully saturated rings. The van der Waals surface area contributed by atoms with Crippen molar-refractivity contribution in [2.24, 2.45) is 4.99 Å². The van der Waals surface area contributed by atoms with E-state index < -0.39 is 0 Å². The van der Waals surface area contributed by atoms with Crippen molar-refractivity contribution in [1.82, 2.24) is 15.5 Å². The smallest absolute Gasteiger partial charge is 0.243 e. The zero-order valence-electron chi connectivity index (χ0n) is 15.9. The monoisotopic (exact) mass is 332 g/mol. The van der Waals surface area contributed by atoms with Gasteiger partial charge in [0.15, 0.2) is 5.96 Å². The van der Waals surface area contributed by atoms with Crippen molar-refractivity contribution in [1.29, 1.82) is 0 Å². The fourth-order valence-electron chi connectivity index (χ4n) is 2.04. The lowest BCUT2D eigenvalue weighted by Crippen LogP contribution is -2.44. The summed E-state index contributed by atoms with van der Waals surface area (Å²) in [6, 6.07) is 8.90. The van der Waals surface area contributed by atoms with Crippen LogP contribution in [-0.2, 0) is 4.79 Å². The Bertz CT molecular complexity index is 537. The van der Waals surface area contributed by atoms with Crippen LogP contribution in [0.2, 0.25) is 0 Å². The predicted octanol–water partition coefficient (Wildman–Crippen LogP) is 2.52. The lowest BCUT2D eigenvalue weighted by atomic mass is 10.0. The lowest BCUT2D eigenvalue weighted by Gasteiger charge is -2.20. The molecular weight excluding hydrogens is 300 g/mol. The summed E-state index contributed by atoms with van der Waals surface area (Å²) < 4.78 is 0. The molecule has 1 amide bonds. The Morgan fingerprint density at radius 2 is 1.83 bits per heavy atom. The fourth-order valence-corrected chi connectivity index (χ4v) is 2.04. The van der Waals surface area contributed by atoms with Gasteiger partial charge in [-0.3, -0.25) is 4.79 Å². The van der Waals surface area contributed by atoms with Crippen molar-refractivity contribution in [3.8, 4) is 0 Å². The molecular formula is C19H32N4O. The summed E-state index contributed by atoms with van der Waals surface area (Å²) in [6.45, 7) is 9.42. The van der Waals surface area contributed by atoms with Gasteiger partial charge in [-0.25, -0.2) is 4.99 Å². The molecule has 2 N–H and O–H groups in total. The van der Waals surface area contributed by atoms with E-state index in [4.69, 9.17) is 0 Å². The van der Waals surface area contributed by atoms with Crippen molar-refractivity contribution >= 4 is 11.9 Å². The topological polar surface area (TPSA) is 56.7 Å². The number of benzene rings is 1. The number of likely N-dealkylation sites (N-methyl/N-ethyl adjacent to an activating group) is 1. The summed E-state index contributed by atoms with van der Waals surface area (Å²) in [5.41, 5.74) is 2.56. The van der Waals surface area contributed by atoms with Gasteiger partial charge in [-0.2, -0.15) is 0 Å². The third-order valence-electron chi connectivity index (χ3n) is 4.09. The van der Waals surface area contributed by atoms with Crippen LogP contribution in [0.5, 0.6) is 0 Å². The molecule has 1 aromatic carbocycles. The highest BCUT2D eigenvalue weighted by Crippen LogP contribution is 2.14. The quantitative estimate of drug-likeness (QED) is 0.596. The molecule has 2 atom stereocenters. The standard InChI is InChI=1S/C19H32N4O/c1-7-16(4)22-19(21-13-18(24)23(5)6)20-12-15(3)17-10-8-14(2)9-11-17/h8-11,15-16H,7,12-13H2,1-6H3,(H2,20,21,22). The van der Waals surface area contributed by atoms with Gasteiger partial charge in [-0.15, -0.1) is 0 Å². The Balaban J connectivity index is 2.67. The summed E-state index contributed by atoms with van der Waals surface area (Å²) in [5, 5.41) is 6.71. The number of amides is 1. The average molecular weight is 332 g/mol. The van der Waals surface area contributed by atoms with E-state index in [0.717, 1.165) is 13.0 Å². The number of nitrogens with zero attached hydrogens (tertiary/aromatic N) is 2. The molecule has 5 nitrogen and oxygen atoms in total. The molecule has 0 radical (unpaired) electrons. The zero-order chi connectivity index (χ0) is 18.1. The minimum absolute atomic E-state index is 0.00756. The van der Waals surface area contributed by atoms with Gasteiger partial charge < -0.3 is 15.5 Å². The van der Waals surface area contributed by atoms with Crippen molar-refractivity contribution in [2.45, 2.75) is 46.1 Å². The first-order chi connectivity index (χ1) is 11.3. The van der Waals surface area contributed by atoms with Crippen molar-refractivity contribution in [3.63, 3.8) is 0 Å². The van der Waals surface area contributed by atoms with Gasteiger partial charge in [-0.05, 0) is 31.7 Å². The summed E-state index contributed by atoms with van der Waals surface area (Å²) in [6.07, 6.45) is 0.996. The molecule has 0 saturated carbocycles. The average Bonchev–Trinajstić information content (AvgIpc) is 2.56. The van der Waals surface area contributed by atoms with E-state index in [2.05, 4.69) is 67.6 Å². The van der Waals surface area contributed by atoms with Crippen LogP contribution in [0.3, 0.4) is 0 Å². The molecule has 0 spiro atoms. The zero-order valence-corrected chi connectivity index (χ0v) is 15.9. The maximum absolute atomic E-state index is 11.8. The number of guanidine groups is 1. The van der Waals surface area contributed by atoms with Crippen molar-refractivity contribution < 1.29 is 4.79 Å². The van der Waals surface area contributed by atoms with E-state index >= 15 is 0 Å². The van der Waals surface area contributed by atoms with E-state index in [9.17, 15) is 4.79 Å². The molecule has 0 saturated heterocycles. The van der Waals surface area contributed by atoms with Crippen LogP contribution < -0.4 is 10.6 Å². The summed E-state index contributed by atoms with van der Waals surface area (Å²) in [4.78, 5) is 17.7. The molecule has 2 unspecified atom stereocenters. The van der Waals surface area contributed by atoms with Gasteiger partial charge in [0.25, 0.3) is 0 Å². The highest BCUT2D eigenvalue weighted by atomic mass is 16.2. The van der Waals surface area contributed by atoms with E-state index in [-0.39, 0.29) is 12.5 Å². The summed E-state index contributed by atoms with van der Waals surface area (Å²) in [7, 11) is 3.49. The Labute approximate surface area is 146 Å². The first-order valence-electron chi connectivity index (χ1n) is 8.65. The number of aryl methyl sites for hydroxylation is 1. The van der Waals surface area contributed by atoms with Crippen LogP contribution in [0.1, 0.15) is 44.2 Å². The SMILES string of the molecule is CCC(C)NC(=NCC(=O)N(C)C)NCC(C)c1ccc(C)cc1. The minimum atomic E-state index is -0.00756. The molecule has 0 heterocycles. The highest BCUT2D eigenvalue weighted by Gasteiger charge is 2.10. The van der Waals surface area contributed by atoms with E-state index in [1.807, 2.05) is 0 Å². The second-order valence-corrected chi connectivity index (χ2v) is 6.60. The van der Waals surface area contributed by atoms with Crippen LogP contribution in [0.25, 0.3) is 0 Å². The second kappa shape index (κ2) is 9.96. The largest absolute Gasteiger partial charge is 0.356 e. The Morgan fingerprint density at radius 1 is 1.21 bits per heavy atom. The third-order valence-corrected chi connectivity index (χ3v) is 4.09. The first-order valence-corrected chi connectivity index (χ1v) is 8.65. The van der Waals surface area contributed by atoms with Gasteiger partial charge in [0, 0.05) is 26.7 Å². The van der Waals surface area contributed by atoms with E-state index in [1.165, 1.54) is 11.1 Å². The van der Waals surface area contributed by atoms with Crippen molar-refractivity contribution in [2.75, 3.05) is 27.2 Å². The Hall–Kier alpha value is -2.04. The normalized spacial score (nSPS) is 14.0. The minimum Gasteiger partial charge on any atom is -0.356 e. The van der Waals surface area contributed by atoms with Gasteiger partial charge in [-0.1, -0.05) is 43.7 Å². The van der Waals surface area contributed by atoms with Crippen LogP contribution >= 0.6 is 0 Å². The molecule has 0 aliphatic rings. The Kier molecular flexibility index (Phi) is 8.30. The number of rotatable bonds is 7. The third kappa shape index (κ3) is 7.02. The highest BCUT2D eigenvalue weighted by molar-refractivity contribution is 5.84. The summed E-state index contributed by atoms with van der Waals surface area (Å²) >= 11 is 0. The molecule has 0 bridgehead atoms. The van der Waals surface area contributed by atoms with Crippen LogP contribution in [-0.4, -0.2) is 50.0 Å². The van der Waals surface area contributed by atoms with E-state index in [0.29, 0.717) is 17.9 Å². The van der Waals surface area contributed by atoms with Crippen LogP contribution in [0, 0.1) is 6.92 Å². The number of hydrogen-bond donors (Lipinski definition) is 2. The maximum Gasteiger partial charge on any atom is 0.243 e. The fraction of sp³-hybridized carbons (Fsp3) is 0.579. The molecule has 0 aliphatic heterocycles. The van der Waals surface area contributed by atoms with Gasteiger partial charge in [0.1, 0.15) is 6.54 Å². The number of carbonyl (C=O) groups is 1. The maximum atomic E-state index is 11.8. The molecule has 1 aromatic rings.